The van der Waals surface area contributed by atoms with E-state index < -0.39 is 19.0 Å². The highest BCUT2D eigenvalue weighted by Gasteiger charge is 2.02. The third-order valence-electron chi connectivity index (χ3n) is 1.83. The number of carboxylic acid groups (broad SMARTS) is 1. The second kappa shape index (κ2) is 5.44. The zero-order chi connectivity index (χ0) is 14.0. The summed E-state index contributed by atoms with van der Waals surface area (Å²) in [5.41, 5.74) is 0.444. The topological polar surface area (TPSA) is 62.5 Å². The fraction of sp³-hybridized carbons (Fsp3) is 0.500. The van der Waals surface area contributed by atoms with Gasteiger partial charge in [0.1, 0.15) is 0 Å². The second-order valence-corrected chi connectivity index (χ2v) is 2.84. The second-order valence-electron chi connectivity index (χ2n) is 2.84. The molecule has 0 saturated carbocycles. The van der Waals surface area contributed by atoms with Crippen LogP contribution >= 0.6 is 0 Å². The molecular formula is C10H15NO3. The minimum atomic E-state index is -3.02. The number of rotatable bonds is 6. The third kappa shape index (κ3) is 3.22. The van der Waals surface area contributed by atoms with E-state index in [2.05, 4.69) is 0 Å². The van der Waals surface area contributed by atoms with Gasteiger partial charge in [0, 0.05) is 24.8 Å². The quantitative estimate of drug-likeness (QED) is 0.718. The van der Waals surface area contributed by atoms with Gasteiger partial charge in [0.25, 0.3) is 0 Å². The molecule has 78 valence electrons. The van der Waals surface area contributed by atoms with Crippen molar-refractivity contribution in [2.75, 3.05) is 6.56 Å². The van der Waals surface area contributed by atoms with Crippen LogP contribution in [0.25, 0.3) is 0 Å². The van der Waals surface area contributed by atoms with Gasteiger partial charge in [0.15, 0.2) is 0 Å². The Balaban J connectivity index is 2.86. The molecule has 0 saturated heterocycles. The van der Waals surface area contributed by atoms with Crippen molar-refractivity contribution in [1.29, 1.82) is 0 Å². The molecule has 0 atom stereocenters. The minimum Gasteiger partial charge on any atom is -0.481 e. The predicted octanol–water partition coefficient (Wildman–Crippen LogP) is 0.888. The van der Waals surface area contributed by atoms with Crippen LogP contribution in [0.3, 0.4) is 0 Å². The highest BCUT2D eigenvalue weighted by molar-refractivity contribution is 5.66. The Hall–Kier alpha value is -1.29. The summed E-state index contributed by atoms with van der Waals surface area (Å²) < 4.78 is 30.3. The van der Waals surface area contributed by atoms with Gasteiger partial charge in [-0.15, -0.1) is 0 Å². The number of carboxylic acids is 1. The van der Waals surface area contributed by atoms with Gasteiger partial charge in [0.2, 0.25) is 0 Å². The lowest BCUT2D eigenvalue weighted by Crippen LogP contribution is -2.05. The number of nitrogens with zero attached hydrogens (tertiary/aromatic N) is 1. The Bertz CT molecular complexity index is 425. The van der Waals surface area contributed by atoms with Gasteiger partial charge in [-0.1, -0.05) is 0 Å². The van der Waals surface area contributed by atoms with Crippen molar-refractivity contribution in [3.63, 3.8) is 0 Å². The lowest BCUT2D eigenvalue weighted by atomic mass is 10.2. The predicted molar refractivity (Wildman–Crippen MR) is 52.1 cm³/mol. The summed E-state index contributed by atoms with van der Waals surface area (Å²) in [4.78, 5) is 10.4. The maximum Gasteiger partial charge on any atom is 0.303 e. The first kappa shape index (κ1) is 6.24. The molecule has 0 aliphatic rings. The molecule has 4 nitrogen and oxygen atoms in total. The van der Waals surface area contributed by atoms with Gasteiger partial charge >= 0.3 is 5.97 Å². The normalized spacial score (nSPS) is 16.6. The van der Waals surface area contributed by atoms with E-state index in [1.807, 2.05) is 0 Å². The lowest BCUT2D eigenvalue weighted by Gasteiger charge is -2.06. The molecule has 0 bridgehead atoms. The Kier molecular flexibility index (Phi) is 2.43. The standard InChI is InChI=1S/C10H15NO3/c12-8-7-11-6-2-4-9(11)3-1-5-10(13)14/h2,4,6,12H,1,3,5,7-8H2,(H,13,14)/i7D2,8D2. The molecule has 0 aliphatic carbocycles. The summed E-state index contributed by atoms with van der Waals surface area (Å²) in [5, 5.41) is 17.7. The van der Waals surface area contributed by atoms with E-state index in [9.17, 15) is 9.90 Å². The number of aryl methyl sites for hydroxylation is 2. The molecule has 0 spiro atoms. The third-order valence-corrected chi connectivity index (χ3v) is 1.83. The van der Waals surface area contributed by atoms with Crippen LogP contribution in [-0.2, 0) is 17.7 Å². The molecule has 2 N–H and O–H groups in total. The molecule has 0 unspecified atom stereocenters. The van der Waals surface area contributed by atoms with Gasteiger partial charge in [-0.2, -0.15) is 0 Å². The number of aliphatic hydroxyl groups is 1. The molecule has 1 aromatic rings. The molecule has 0 amide bonds. The van der Waals surface area contributed by atoms with Crippen LogP contribution in [0.1, 0.15) is 24.0 Å². The fourth-order valence-corrected chi connectivity index (χ4v) is 1.20. The van der Waals surface area contributed by atoms with Crippen LogP contribution in [0, 0.1) is 0 Å². The Morgan fingerprint density at radius 1 is 1.64 bits per heavy atom. The molecule has 0 radical (unpaired) electrons. The molecule has 0 aromatic carbocycles. The van der Waals surface area contributed by atoms with Crippen molar-refractivity contribution in [3.8, 4) is 0 Å². The van der Waals surface area contributed by atoms with Crippen molar-refractivity contribution in [3.05, 3.63) is 24.0 Å². The summed E-state index contributed by atoms with van der Waals surface area (Å²) in [7, 11) is 0. The number of aliphatic carboxylic acids is 1. The van der Waals surface area contributed by atoms with Gasteiger partial charge in [-0.05, 0) is 25.0 Å². The van der Waals surface area contributed by atoms with E-state index in [-0.39, 0.29) is 6.42 Å². The summed E-state index contributed by atoms with van der Waals surface area (Å²) in [5.74, 6) is -0.936. The van der Waals surface area contributed by atoms with Crippen molar-refractivity contribution >= 4 is 5.97 Å². The first-order valence-corrected chi connectivity index (χ1v) is 4.27. The SMILES string of the molecule is [2H]C([2H])(O)C([2H])([2H])n1cccc1CCCC(=O)O. The van der Waals surface area contributed by atoms with Gasteiger partial charge in [-0.25, -0.2) is 0 Å². The Morgan fingerprint density at radius 3 is 3.07 bits per heavy atom. The van der Waals surface area contributed by atoms with E-state index >= 15 is 0 Å². The van der Waals surface area contributed by atoms with Gasteiger partial charge in [-0.3, -0.25) is 4.79 Å². The highest BCUT2D eigenvalue weighted by atomic mass is 16.4. The van der Waals surface area contributed by atoms with Gasteiger partial charge in [0.05, 0.1) is 12.0 Å². The van der Waals surface area contributed by atoms with Crippen molar-refractivity contribution in [2.24, 2.45) is 0 Å². The maximum absolute atomic E-state index is 10.4. The Labute approximate surface area is 88.4 Å². The number of hydrogen-bond acceptors (Lipinski definition) is 2. The first-order chi connectivity index (χ1) is 8.16. The summed E-state index contributed by atoms with van der Waals surface area (Å²) >= 11 is 0. The zero-order valence-corrected chi connectivity index (χ0v) is 7.60. The monoisotopic (exact) mass is 201 g/mol. The average molecular weight is 201 g/mol. The van der Waals surface area contributed by atoms with Crippen molar-refractivity contribution in [2.45, 2.75) is 25.8 Å². The molecular weight excluding hydrogens is 182 g/mol. The zero-order valence-electron chi connectivity index (χ0n) is 11.6. The minimum absolute atomic E-state index is 0.0415. The summed E-state index contributed by atoms with van der Waals surface area (Å²) in [6, 6.07) is 3.10. The van der Waals surface area contributed by atoms with Crippen LogP contribution in [0.5, 0.6) is 0 Å². The molecule has 4 heteroatoms. The van der Waals surface area contributed by atoms with Crippen LogP contribution in [0.4, 0.5) is 0 Å². The average Bonchev–Trinajstić information content (AvgIpc) is 2.64. The van der Waals surface area contributed by atoms with E-state index in [0.29, 0.717) is 18.5 Å². The molecule has 14 heavy (non-hydrogen) atoms. The van der Waals surface area contributed by atoms with E-state index in [1.165, 1.54) is 12.3 Å². The van der Waals surface area contributed by atoms with Gasteiger partial charge < -0.3 is 14.8 Å². The van der Waals surface area contributed by atoms with E-state index in [1.54, 1.807) is 6.07 Å². The molecule has 0 fully saturated rings. The largest absolute Gasteiger partial charge is 0.481 e. The van der Waals surface area contributed by atoms with Crippen LogP contribution in [0.15, 0.2) is 18.3 Å². The number of aromatic nitrogens is 1. The smallest absolute Gasteiger partial charge is 0.303 e. The van der Waals surface area contributed by atoms with Crippen molar-refractivity contribution < 1.29 is 20.5 Å². The molecule has 1 rings (SSSR count). The number of carbonyl (C=O) groups is 1. The highest BCUT2D eigenvalue weighted by Crippen LogP contribution is 2.06. The maximum atomic E-state index is 10.4. The Morgan fingerprint density at radius 2 is 2.43 bits per heavy atom. The first-order valence-electron chi connectivity index (χ1n) is 6.27. The van der Waals surface area contributed by atoms with Crippen molar-refractivity contribution in [1.82, 2.24) is 4.57 Å². The van der Waals surface area contributed by atoms with E-state index in [4.69, 9.17) is 10.6 Å². The summed E-state index contributed by atoms with van der Waals surface area (Å²) in [6.45, 7) is -5.62. The van der Waals surface area contributed by atoms with Crippen LogP contribution in [-0.4, -0.2) is 27.3 Å². The summed E-state index contributed by atoms with van der Waals surface area (Å²) in [6.07, 6.45) is 1.91. The van der Waals surface area contributed by atoms with Crippen LogP contribution < -0.4 is 0 Å². The lowest BCUT2D eigenvalue weighted by molar-refractivity contribution is -0.137. The molecule has 1 heterocycles. The number of hydrogen-bond donors (Lipinski definition) is 2. The molecule has 0 aliphatic heterocycles. The fourth-order valence-electron chi connectivity index (χ4n) is 1.20. The molecule has 1 aromatic heterocycles. The van der Waals surface area contributed by atoms with Crippen LogP contribution in [0.2, 0.25) is 0 Å². The van der Waals surface area contributed by atoms with E-state index in [0.717, 1.165) is 4.57 Å².